The number of para-hydroxylation sites is 2. The van der Waals surface area contributed by atoms with Crippen LogP contribution < -0.4 is 0 Å². The van der Waals surface area contributed by atoms with Crippen molar-refractivity contribution >= 4 is 21.8 Å². The van der Waals surface area contributed by atoms with Gasteiger partial charge in [0.1, 0.15) is 0 Å². The first kappa shape index (κ1) is 17.4. The summed E-state index contributed by atoms with van der Waals surface area (Å²) in [4.78, 5) is 0. The van der Waals surface area contributed by atoms with Crippen LogP contribution in [0.4, 0.5) is 0 Å². The van der Waals surface area contributed by atoms with Crippen LogP contribution in [-0.2, 0) is 10.8 Å². The summed E-state index contributed by atoms with van der Waals surface area (Å²) in [5, 5.41) is 2.80. The fraction of sp³-hybridized carbons (Fsp3) is 0.200. The molecule has 1 nitrogen and oxygen atoms in total. The molecule has 2 aliphatic rings. The van der Waals surface area contributed by atoms with Gasteiger partial charge in [0.2, 0.25) is 0 Å². The predicted molar refractivity (Wildman–Crippen MR) is 130 cm³/mol. The molecule has 0 atom stereocenters. The van der Waals surface area contributed by atoms with Crippen LogP contribution in [0.5, 0.6) is 0 Å². The van der Waals surface area contributed by atoms with Crippen molar-refractivity contribution in [3.63, 3.8) is 0 Å². The highest BCUT2D eigenvalue weighted by atomic mass is 15.0. The number of hydrogen-bond donors (Lipinski definition) is 0. The highest BCUT2D eigenvalue weighted by molar-refractivity contribution is 6.16. The maximum atomic E-state index is 2.53. The van der Waals surface area contributed by atoms with Crippen molar-refractivity contribution in [1.29, 1.82) is 0 Å². The fourth-order valence-electron chi connectivity index (χ4n) is 6.53. The average molecular weight is 400 g/mol. The highest BCUT2D eigenvalue weighted by Crippen LogP contribution is 2.55. The van der Waals surface area contributed by atoms with Crippen LogP contribution in [-0.4, -0.2) is 4.57 Å². The van der Waals surface area contributed by atoms with Crippen molar-refractivity contribution in [3.05, 3.63) is 101 Å². The number of benzene rings is 4. The van der Waals surface area contributed by atoms with Gasteiger partial charge in [-0.1, -0.05) is 94.4 Å². The van der Waals surface area contributed by atoms with Gasteiger partial charge in [0.05, 0.1) is 16.7 Å². The minimum atomic E-state index is -0.0257. The summed E-state index contributed by atoms with van der Waals surface area (Å²) in [6.45, 7) is 9.52. The molecule has 0 radical (unpaired) electrons. The van der Waals surface area contributed by atoms with E-state index in [1.165, 1.54) is 60.9 Å². The minimum Gasteiger partial charge on any atom is -0.309 e. The molecule has 31 heavy (non-hydrogen) atoms. The Kier molecular flexibility index (Phi) is 2.96. The Labute approximate surface area is 183 Å². The summed E-state index contributed by atoms with van der Waals surface area (Å²) in [5.41, 5.74) is 12.5. The van der Waals surface area contributed by atoms with Crippen molar-refractivity contribution in [2.75, 3.05) is 0 Å². The smallest absolute Gasteiger partial charge is 0.0582 e. The molecule has 1 aliphatic carbocycles. The van der Waals surface area contributed by atoms with Gasteiger partial charge in [0.15, 0.2) is 0 Å². The Hall–Kier alpha value is -3.32. The summed E-state index contributed by atoms with van der Waals surface area (Å²) in [5.74, 6) is 0. The second kappa shape index (κ2) is 5.29. The van der Waals surface area contributed by atoms with E-state index in [0.717, 1.165) is 0 Å². The topological polar surface area (TPSA) is 4.93 Å². The first-order chi connectivity index (χ1) is 14.9. The third kappa shape index (κ3) is 1.85. The first-order valence-corrected chi connectivity index (χ1v) is 11.2. The van der Waals surface area contributed by atoms with Crippen LogP contribution in [0.15, 0.2) is 78.9 Å². The van der Waals surface area contributed by atoms with Crippen LogP contribution in [0.1, 0.15) is 49.9 Å². The van der Waals surface area contributed by atoms with Crippen LogP contribution in [0.2, 0.25) is 0 Å². The van der Waals surface area contributed by atoms with E-state index in [1.807, 2.05) is 0 Å². The second-order valence-corrected chi connectivity index (χ2v) is 10.2. The Morgan fingerprint density at radius 2 is 1.29 bits per heavy atom. The SMILES string of the molecule is CC1(C)c2ccccc2-c2ccc3c(c21)c1cccc2c1n3-c1ccccc1C2(C)C. The highest BCUT2D eigenvalue weighted by Gasteiger charge is 2.40. The van der Waals surface area contributed by atoms with E-state index in [4.69, 9.17) is 0 Å². The summed E-state index contributed by atoms with van der Waals surface area (Å²) in [7, 11) is 0. The molecule has 0 spiro atoms. The zero-order valence-corrected chi connectivity index (χ0v) is 18.5. The van der Waals surface area contributed by atoms with E-state index in [0.29, 0.717) is 0 Å². The lowest BCUT2D eigenvalue weighted by molar-refractivity contribution is 0.630. The molecule has 1 aromatic heterocycles. The standard InChI is InChI=1S/C30H25N/c1-29(2)22-13-7-8-15-24(22)31-25-17-16-19-18-10-5-6-12-21(18)30(3,4)27(19)26(25)20-11-9-14-23(29)28(20)31/h5-17H,1-4H3. The summed E-state index contributed by atoms with van der Waals surface area (Å²) in [6.07, 6.45) is 0. The lowest BCUT2D eigenvalue weighted by Crippen LogP contribution is -2.26. The molecule has 1 heteroatoms. The molecule has 0 saturated heterocycles. The van der Waals surface area contributed by atoms with Gasteiger partial charge in [-0.15, -0.1) is 0 Å². The number of fused-ring (bicyclic) bond motifs is 9. The molecule has 150 valence electrons. The quantitative estimate of drug-likeness (QED) is 0.251. The summed E-state index contributed by atoms with van der Waals surface area (Å²) in [6, 6.07) is 29.5. The predicted octanol–water partition coefficient (Wildman–Crippen LogP) is 7.73. The van der Waals surface area contributed by atoms with Gasteiger partial charge in [-0.2, -0.15) is 0 Å². The van der Waals surface area contributed by atoms with Crippen LogP contribution in [0, 0.1) is 0 Å². The van der Waals surface area contributed by atoms with Gasteiger partial charge < -0.3 is 4.57 Å². The summed E-state index contributed by atoms with van der Waals surface area (Å²) >= 11 is 0. The number of rotatable bonds is 0. The number of nitrogens with zero attached hydrogens (tertiary/aromatic N) is 1. The largest absolute Gasteiger partial charge is 0.309 e. The van der Waals surface area contributed by atoms with Crippen LogP contribution >= 0.6 is 0 Å². The van der Waals surface area contributed by atoms with Gasteiger partial charge >= 0.3 is 0 Å². The molecule has 2 heterocycles. The summed E-state index contributed by atoms with van der Waals surface area (Å²) < 4.78 is 2.53. The lowest BCUT2D eigenvalue weighted by Gasteiger charge is -2.34. The van der Waals surface area contributed by atoms with Crippen molar-refractivity contribution < 1.29 is 0 Å². The average Bonchev–Trinajstić information content (AvgIpc) is 3.23. The second-order valence-electron chi connectivity index (χ2n) is 10.2. The number of hydrogen-bond acceptors (Lipinski definition) is 0. The van der Waals surface area contributed by atoms with E-state index in [9.17, 15) is 0 Å². The normalized spacial score (nSPS) is 16.9. The fourth-order valence-corrected chi connectivity index (χ4v) is 6.53. The zero-order valence-electron chi connectivity index (χ0n) is 18.5. The van der Waals surface area contributed by atoms with Crippen LogP contribution in [0.3, 0.4) is 0 Å². The molecule has 0 N–H and O–H groups in total. The van der Waals surface area contributed by atoms with E-state index in [2.05, 4.69) is 111 Å². The van der Waals surface area contributed by atoms with Crippen molar-refractivity contribution in [1.82, 2.24) is 4.57 Å². The molecule has 4 aromatic carbocycles. The van der Waals surface area contributed by atoms with Gasteiger partial charge in [-0.25, -0.2) is 0 Å². The molecule has 0 saturated carbocycles. The monoisotopic (exact) mass is 399 g/mol. The minimum absolute atomic E-state index is 0.0242. The molecule has 0 bridgehead atoms. The molecule has 7 rings (SSSR count). The maximum Gasteiger partial charge on any atom is 0.0582 e. The molecule has 0 fully saturated rings. The molecule has 0 amide bonds. The van der Waals surface area contributed by atoms with Gasteiger partial charge in [-0.3, -0.25) is 0 Å². The van der Waals surface area contributed by atoms with E-state index < -0.39 is 0 Å². The third-order valence-electron chi connectivity index (χ3n) is 7.96. The Morgan fingerprint density at radius 1 is 0.581 bits per heavy atom. The van der Waals surface area contributed by atoms with E-state index in [-0.39, 0.29) is 10.8 Å². The molecular weight excluding hydrogens is 374 g/mol. The van der Waals surface area contributed by atoms with Gasteiger partial charge in [0, 0.05) is 21.6 Å². The van der Waals surface area contributed by atoms with E-state index >= 15 is 0 Å². The van der Waals surface area contributed by atoms with Gasteiger partial charge in [0.25, 0.3) is 0 Å². The third-order valence-corrected chi connectivity index (χ3v) is 7.96. The first-order valence-electron chi connectivity index (χ1n) is 11.2. The van der Waals surface area contributed by atoms with Crippen molar-refractivity contribution in [3.8, 4) is 16.8 Å². The van der Waals surface area contributed by atoms with E-state index in [1.54, 1.807) is 0 Å². The molecular formula is C30H25N. The molecule has 0 unspecified atom stereocenters. The number of aromatic nitrogens is 1. The zero-order chi connectivity index (χ0) is 21.1. The molecule has 5 aromatic rings. The Bertz CT molecular complexity index is 1580. The Morgan fingerprint density at radius 3 is 2.13 bits per heavy atom. The van der Waals surface area contributed by atoms with Gasteiger partial charge in [-0.05, 0) is 45.5 Å². The van der Waals surface area contributed by atoms with Crippen molar-refractivity contribution in [2.24, 2.45) is 0 Å². The lowest BCUT2D eigenvalue weighted by atomic mass is 9.74. The Balaban J connectivity index is 1.75. The molecule has 1 aliphatic heterocycles. The maximum absolute atomic E-state index is 2.53. The van der Waals surface area contributed by atoms with Crippen molar-refractivity contribution in [2.45, 2.75) is 38.5 Å². The van der Waals surface area contributed by atoms with Crippen LogP contribution in [0.25, 0.3) is 38.6 Å².